The summed E-state index contributed by atoms with van der Waals surface area (Å²) in [5, 5.41) is 3.83. The lowest BCUT2D eigenvalue weighted by Gasteiger charge is -2.56. The van der Waals surface area contributed by atoms with Crippen molar-refractivity contribution in [3.63, 3.8) is 0 Å². The normalized spacial score (nSPS) is 18.7. The van der Waals surface area contributed by atoms with Crippen molar-refractivity contribution in [3.8, 4) is 0 Å². The lowest BCUT2D eigenvalue weighted by molar-refractivity contribution is -0.0130. The first-order chi connectivity index (χ1) is 32.0. The van der Waals surface area contributed by atoms with Gasteiger partial charge in [-0.1, -0.05) is 194 Å². The molecule has 0 aromatic carbocycles. The van der Waals surface area contributed by atoms with Gasteiger partial charge in [0.1, 0.15) is 0 Å². The molecule has 8 heteroatoms. The number of nitrogens with zero attached hydrogens (tertiary/aromatic N) is 7. The summed E-state index contributed by atoms with van der Waals surface area (Å²) >= 11 is 0. The summed E-state index contributed by atoms with van der Waals surface area (Å²) in [7, 11) is 4.69. The van der Waals surface area contributed by atoms with Crippen molar-refractivity contribution in [1.29, 1.82) is 0 Å². The van der Waals surface area contributed by atoms with Gasteiger partial charge in [-0.15, -0.1) is 0 Å². The number of likely N-dealkylation sites (tertiary alicyclic amines) is 2. The minimum atomic E-state index is 0.0712. The fourth-order valence-electron chi connectivity index (χ4n) is 12.0. The maximum atomic E-state index is 5.71. The molecule has 3 heterocycles. The highest BCUT2D eigenvalue weighted by Crippen LogP contribution is 2.42. The van der Waals surface area contributed by atoms with Gasteiger partial charge in [-0.25, -0.2) is 0 Å². The van der Waals surface area contributed by atoms with Crippen LogP contribution in [0.1, 0.15) is 294 Å². The Hall–Kier alpha value is -1.67. The van der Waals surface area contributed by atoms with Crippen molar-refractivity contribution >= 4 is 17.8 Å². The number of anilines is 3. The third-order valence-electron chi connectivity index (χ3n) is 16.9. The molecule has 0 atom stereocenters. The summed E-state index contributed by atoms with van der Waals surface area (Å²) in [5.74, 6) is 2.61. The van der Waals surface area contributed by atoms with E-state index in [0.717, 1.165) is 69.6 Å². The molecule has 1 N–H and O–H groups in total. The van der Waals surface area contributed by atoms with E-state index >= 15 is 0 Å². The second-order valence-electron chi connectivity index (χ2n) is 24.6. The lowest BCUT2D eigenvalue weighted by Crippen LogP contribution is -2.63. The minimum absolute atomic E-state index is 0.0712. The Morgan fingerprint density at radius 1 is 0.388 bits per heavy atom. The van der Waals surface area contributed by atoms with Crippen LogP contribution in [0.25, 0.3) is 0 Å². The summed E-state index contributed by atoms with van der Waals surface area (Å²) in [6.45, 7) is 29.5. The first-order valence-electron chi connectivity index (χ1n) is 29.5. The number of hydrogen-bond donors (Lipinski definition) is 1. The summed E-state index contributed by atoms with van der Waals surface area (Å²) in [6, 6.07) is 0.725. The molecule has 2 aliphatic rings. The first-order valence-corrected chi connectivity index (χ1v) is 29.5. The molecule has 392 valence electrons. The molecule has 2 fully saturated rings. The zero-order chi connectivity index (χ0) is 49.2. The van der Waals surface area contributed by atoms with E-state index in [4.69, 9.17) is 15.0 Å². The van der Waals surface area contributed by atoms with Crippen LogP contribution in [-0.2, 0) is 0 Å². The van der Waals surface area contributed by atoms with Gasteiger partial charge >= 0.3 is 0 Å². The van der Waals surface area contributed by atoms with Gasteiger partial charge in [-0.05, 0) is 114 Å². The van der Waals surface area contributed by atoms with Gasteiger partial charge in [-0.3, -0.25) is 9.80 Å². The van der Waals surface area contributed by atoms with Crippen LogP contribution in [-0.4, -0.2) is 92.7 Å². The van der Waals surface area contributed by atoms with E-state index < -0.39 is 0 Å². The van der Waals surface area contributed by atoms with Crippen LogP contribution in [0, 0.1) is 0 Å². The third kappa shape index (κ3) is 21.7. The molecule has 2 aliphatic heterocycles. The number of nitrogens with one attached hydrogen (secondary N) is 1. The van der Waals surface area contributed by atoms with Gasteiger partial charge in [-0.2, -0.15) is 15.0 Å². The molecule has 0 aliphatic carbocycles. The van der Waals surface area contributed by atoms with Gasteiger partial charge in [0.25, 0.3) is 0 Å². The standard InChI is InChI=1S/C59H116N8/c1-14-17-20-23-26-29-32-35-38-41-44-60-53-61-54(66(45-42-39-36-33-30-27-24-21-18-15-2)51-47-56(4,5)64(12)57(6,7)48-51)63-55(62-53)67(46-43-40-37-34-31-28-25-22-19-16-3)52-49-58(8,9)65(13)59(10,11)50-52/h51-52H,14-50H2,1-13H3,(H,60,61,62,63). The van der Waals surface area contributed by atoms with Gasteiger partial charge in [0.15, 0.2) is 0 Å². The van der Waals surface area contributed by atoms with Crippen molar-refractivity contribution in [3.05, 3.63) is 0 Å². The Morgan fingerprint density at radius 3 is 0.925 bits per heavy atom. The SMILES string of the molecule is CCCCCCCCCCCCNc1nc(N(CCCCCCCCCCCC)C2CC(C)(C)N(C)C(C)(C)C2)nc(N(CCCCCCCCCCCC)C2CC(C)(C)N(C)C(C)(C)C2)n1. The van der Waals surface area contributed by atoms with E-state index in [1.165, 1.54) is 186 Å². The van der Waals surface area contributed by atoms with E-state index in [2.05, 4.69) is 115 Å². The fourth-order valence-corrected chi connectivity index (χ4v) is 12.0. The van der Waals surface area contributed by atoms with Crippen LogP contribution in [0.2, 0.25) is 0 Å². The Kier molecular flexibility index (Phi) is 28.1. The molecule has 0 radical (unpaired) electrons. The first kappa shape index (κ1) is 59.6. The van der Waals surface area contributed by atoms with Gasteiger partial charge < -0.3 is 15.1 Å². The third-order valence-corrected chi connectivity index (χ3v) is 16.9. The summed E-state index contributed by atoms with van der Waals surface area (Å²) in [5.41, 5.74) is 0.285. The largest absolute Gasteiger partial charge is 0.354 e. The molecule has 0 spiro atoms. The number of rotatable bonds is 38. The molecule has 0 bridgehead atoms. The molecular formula is C59H116N8. The smallest absolute Gasteiger partial charge is 0.232 e. The molecule has 67 heavy (non-hydrogen) atoms. The highest BCUT2D eigenvalue weighted by molar-refractivity contribution is 5.47. The lowest BCUT2D eigenvalue weighted by atomic mass is 9.77. The predicted octanol–water partition coefficient (Wildman–Crippen LogP) is 17.0. The molecule has 0 amide bonds. The maximum Gasteiger partial charge on any atom is 0.232 e. The summed E-state index contributed by atoms with van der Waals surface area (Å²) in [4.78, 5) is 27.3. The van der Waals surface area contributed by atoms with Crippen molar-refractivity contribution in [1.82, 2.24) is 24.8 Å². The Labute approximate surface area is 418 Å². The average Bonchev–Trinajstić information content (AvgIpc) is 3.27. The monoisotopic (exact) mass is 937 g/mol. The van der Waals surface area contributed by atoms with Crippen LogP contribution in [0.15, 0.2) is 0 Å². The molecule has 0 unspecified atom stereocenters. The summed E-state index contributed by atoms with van der Waals surface area (Å²) < 4.78 is 0. The van der Waals surface area contributed by atoms with Gasteiger partial charge in [0.2, 0.25) is 17.8 Å². The number of aromatic nitrogens is 3. The number of piperidine rings is 2. The average molecular weight is 938 g/mol. The molecule has 3 rings (SSSR count). The summed E-state index contributed by atoms with van der Waals surface area (Å²) in [6.07, 6.45) is 44.8. The van der Waals surface area contributed by atoms with E-state index in [9.17, 15) is 0 Å². The van der Waals surface area contributed by atoms with Crippen LogP contribution in [0.3, 0.4) is 0 Å². The van der Waals surface area contributed by atoms with Gasteiger partial charge in [0.05, 0.1) is 0 Å². The maximum absolute atomic E-state index is 5.71. The quantitative estimate of drug-likeness (QED) is 0.0658. The highest BCUT2D eigenvalue weighted by Gasteiger charge is 2.47. The van der Waals surface area contributed by atoms with Crippen LogP contribution < -0.4 is 15.1 Å². The van der Waals surface area contributed by atoms with Crippen LogP contribution >= 0.6 is 0 Å². The van der Waals surface area contributed by atoms with Crippen molar-refractivity contribution in [2.45, 2.75) is 329 Å². The molecule has 8 nitrogen and oxygen atoms in total. The molecular weight excluding hydrogens is 821 g/mol. The Balaban J connectivity index is 1.95. The Morgan fingerprint density at radius 2 is 0.642 bits per heavy atom. The Bertz CT molecular complexity index is 1280. The number of hydrogen-bond acceptors (Lipinski definition) is 8. The zero-order valence-electron chi connectivity index (χ0n) is 47.4. The zero-order valence-corrected chi connectivity index (χ0v) is 47.4. The molecule has 1 aromatic heterocycles. The minimum Gasteiger partial charge on any atom is -0.354 e. The second kappa shape index (κ2) is 31.6. The van der Waals surface area contributed by atoms with Crippen molar-refractivity contribution in [2.24, 2.45) is 0 Å². The second-order valence-corrected chi connectivity index (χ2v) is 24.6. The van der Waals surface area contributed by atoms with Crippen molar-refractivity contribution < 1.29 is 0 Å². The molecule has 0 saturated carbocycles. The predicted molar refractivity (Wildman–Crippen MR) is 296 cm³/mol. The highest BCUT2D eigenvalue weighted by atomic mass is 15.4. The fraction of sp³-hybridized carbons (Fsp3) is 0.949. The van der Waals surface area contributed by atoms with Gasteiger partial charge in [0, 0.05) is 53.9 Å². The van der Waals surface area contributed by atoms with Crippen LogP contribution in [0.4, 0.5) is 17.8 Å². The molecule has 1 aromatic rings. The van der Waals surface area contributed by atoms with E-state index in [1.54, 1.807) is 0 Å². The van der Waals surface area contributed by atoms with Crippen LogP contribution in [0.5, 0.6) is 0 Å². The molecule has 2 saturated heterocycles. The number of unbranched alkanes of at least 4 members (excludes halogenated alkanes) is 27. The van der Waals surface area contributed by atoms with E-state index in [0.29, 0.717) is 12.1 Å². The van der Waals surface area contributed by atoms with E-state index in [-0.39, 0.29) is 22.2 Å². The topological polar surface area (TPSA) is 63.7 Å². The van der Waals surface area contributed by atoms with E-state index in [1.807, 2.05) is 0 Å². The van der Waals surface area contributed by atoms with Crippen molar-refractivity contribution in [2.75, 3.05) is 48.8 Å².